The van der Waals surface area contributed by atoms with Crippen molar-refractivity contribution < 1.29 is 37.5 Å². The second-order valence-corrected chi connectivity index (χ2v) is 9.03. The maximum Gasteiger partial charge on any atom is 0.328 e. The molecule has 0 aliphatic carbocycles. The highest BCUT2D eigenvalue weighted by Gasteiger charge is 2.50. The molecule has 1 aliphatic rings. The minimum Gasteiger partial charge on any atom is -0.756 e. The van der Waals surface area contributed by atoms with E-state index in [9.17, 15) is 23.8 Å². The first-order valence-corrected chi connectivity index (χ1v) is 11.2. The van der Waals surface area contributed by atoms with Gasteiger partial charge in [0.25, 0.3) is 13.4 Å². The average Bonchev–Trinajstić information content (AvgIpc) is 2.91. The molecule has 1 aliphatic heterocycles. The number of carbonyl (C=O) groups excluding carboxylic acids is 1. The summed E-state index contributed by atoms with van der Waals surface area (Å²) >= 11 is 0. The van der Waals surface area contributed by atoms with Crippen LogP contribution in [0.4, 0.5) is 0 Å². The van der Waals surface area contributed by atoms with Crippen LogP contribution in [0.25, 0.3) is 0 Å². The van der Waals surface area contributed by atoms with Gasteiger partial charge in [-0.05, 0) is 27.7 Å². The minimum atomic E-state index is -4.63. The molecule has 1 fully saturated rings. The van der Waals surface area contributed by atoms with Gasteiger partial charge in [0.15, 0.2) is 6.10 Å². The molecule has 1 saturated heterocycles. The summed E-state index contributed by atoms with van der Waals surface area (Å²) in [5.41, 5.74) is -1.35. The number of phosphoric ester groups is 1. The van der Waals surface area contributed by atoms with Gasteiger partial charge in [-0.3, -0.25) is 19.1 Å². The van der Waals surface area contributed by atoms with E-state index in [1.807, 2.05) is 0 Å². The molecule has 0 spiro atoms. The summed E-state index contributed by atoms with van der Waals surface area (Å²) in [6, 6.07) is 0. The van der Waals surface area contributed by atoms with E-state index < -0.39 is 62.2 Å². The maximum absolute atomic E-state index is 12.4. The van der Waals surface area contributed by atoms with Crippen molar-refractivity contribution in [3.8, 4) is 0 Å². The number of esters is 1. The van der Waals surface area contributed by atoms with E-state index in [2.05, 4.69) is 4.98 Å². The number of hydrogen-bond acceptors (Lipinski definition) is 10. The van der Waals surface area contributed by atoms with Crippen molar-refractivity contribution in [2.24, 2.45) is 7.05 Å². The number of ether oxygens (including phenoxy) is 3. The van der Waals surface area contributed by atoms with E-state index in [0.29, 0.717) is 0 Å². The van der Waals surface area contributed by atoms with Crippen LogP contribution in [0.1, 0.15) is 46.3 Å². The van der Waals surface area contributed by atoms with Crippen LogP contribution in [0.15, 0.2) is 15.8 Å². The van der Waals surface area contributed by atoms with Crippen LogP contribution in [-0.4, -0.2) is 52.6 Å². The minimum absolute atomic E-state index is 0.0111. The normalized spacial score (nSPS) is 25.7. The molecule has 0 bridgehead atoms. The van der Waals surface area contributed by atoms with Crippen molar-refractivity contribution in [2.45, 2.75) is 71.2 Å². The van der Waals surface area contributed by atoms with E-state index in [4.69, 9.17) is 23.3 Å². The van der Waals surface area contributed by atoms with E-state index in [1.54, 1.807) is 13.8 Å². The molecule has 0 amide bonds. The van der Waals surface area contributed by atoms with Crippen LogP contribution in [-0.2, 0) is 39.7 Å². The molecule has 2 heterocycles. The second kappa shape index (κ2) is 10.2. The van der Waals surface area contributed by atoms with Gasteiger partial charge in [-0.25, -0.2) is 4.79 Å². The summed E-state index contributed by atoms with van der Waals surface area (Å²) in [7, 11) is -3.20. The Balaban J connectivity index is 2.40. The Bertz CT molecular complexity index is 940. The molecule has 13 heteroatoms. The van der Waals surface area contributed by atoms with Gasteiger partial charge in [-0.2, -0.15) is 0 Å². The van der Waals surface area contributed by atoms with E-state index in [-0.39, 0.29) is 11.7 Å². The number of nitrogens with one attached hydrogen (secondary N) is 1. The van der Waals surface area contributed by atoms with Crippen LogP contribution in [0.3, 0.4) is 0 Å². The van der Waals surface area contributed by atoms with E-state index >= 15 is 0 Å². The van der Waals surface area contributed by atoms with E-state index in [1.165, 1.54) is 34.0 Å². The molecule has 12 nitrogen and oxygen atoms in total. The molecule has 0 saturated carbocycles. The van der Waals surface area contributed by atoms with Gasteiger partial charge in [0, 0.05) is 20.2 Å². The molecule has 176 valence electrons. The molecule has 2 rings (SSSR count). The van der Waals surface area contributed by atoms with Gasteiger partial charge in [0.2, 0.25) is 0 Å². The summed E-state index contributed by atoms with van der Waals surface area (Å²) in [4.78, 5) is 50.0. The number of aryl methyl sites for hydroxylation is 1. The fraction of sp³-hybridized carbons (Fsp3) is 0.722. The smallest absolute Gasteiger partial charge is 0.328 e. The van der Waals surface area contributed by atoms with Crippen molar-refractivity contribution in [1.29, 1.82) is 0 Å². The van der Waals surface area contributed by atoms with Crippen LogP contribution in [0.2, 0.25) is 0 Å². The van der Waals surface area contributed by atoms with Crippen molar-refractivity contribution in [2.75, 3.05) is 6.61 Å². The first-order valence-electron chi connectivity index (χ1n) is 9.72. The number of aromatic nitrogens is 2. The van der Waals surface area contributed by atoms with Gasteiger partial charge in [0.1, 0.15) is 18.3 Å². The topological polar surface area (TPSA) is 158 Å². The molecule has 1 aromatic heterocycles. The fourth-order valence-electron chi connectivity index (χ4n) is 3.15. The fourth-order valence-corrected chi connectivity index (χ4v) is 4.06. The van der Waals surface area contributed by atoms with Crippen molar-refractivity contribution in [1.82, 2.24) is 9.55 Å². The highest BCUT2D eigenvalue weighted by Crippen LogP contribution is 2.43. The van der Waals surface area contributed by atoms with Gasteiger partial charge >= 0.3 is 11.7 Å². The largest absolute Gasteiger partial charge is 0.756 e. The molecule has 1 N–H and O–H groups in total. The third kappa shape index (κ3) is 6.83. The molecule has 5 atom stereocenters. The number of phosphoric acid groups is 1. The van der Waals surface area contributed by atoms with Crippen LogP contribution in [0.5, 0.6) is 0 Å². The summed E-state index contributed by atoms with van der Waals surface area (Å²) in [5, 5.41) is 0. The molecule has 0 radical (unpaired) electrons. The third-order valence-corrected chi connectivity index (χ3v) is 5.37. The first-order chi connectivity index (χ1) is 14.3. The van der Waals surface area contributed by atoms with Crippen molar-refractivity contribution >= 4 is 13.8 Å². The quantitative estimate of drug-likeness (QED) is 0.395. The lowest BCUT2D eigenvalue weighted by atomic mass is 10.0. The van der Waals surface area contributed by atoms with Crippen LogP contribution in [0, 0.1) is 0 Å². The lowest BCUT2D eigenvalue weighted by molar-refractivity contribution is -0.231. The number of H-pyrrole nitrogens is 1. The van der Waals surface area contributed by atoms with Gasteiger partial charge in [-0.1, -0.05) is 0 Å². The van der Waals surface area contributed by atoms with E-state index in [0.717, 1.165) is 4.57 Å². The van der Waals surface area contributed by atoms with Gasteiger partial charge in [0.05, 0.1) is 24.4 Å². The monoisotopic (exact) mass is 463 g/mol. The van der Waals surface area contributed by atoms with Crippen LogP contribution >= 0.6 is 7.82 Å². The number of carbonyl (C=O) groups is 1. The van der Waals surface area contributed by atoms with Crippen molar-refractivity contribution in [3.05, 3.63) is 32.6 Å². The molecular formula is C18H28N2O10P-. The Morgan fingerprint density at radius 3 is 2.45 bits per heavy atom. The Morgan fingerprint density at radius 1 is 1.26 bits per heavy atom. The lowest BCUT2D eigenvalue weighted by Crippen LogP contribution is -2.41. The Labute approximate surface area is 179 Å². The third-order valence-electron chi connectivity index (χ3n) is 4.22. The number of nitrogens with zero attached hydrogens (tertiary/aromatic N) is 1. The Hall–Kier alpha value is -1.82. The Kier molecular flexibility index (Phi) is 8.37. The SMILES string of the molecule is CC(=O)O[C@H]1C(OC(C)C)[C@@H](COP(=O)([O-])OC(C)C)O[C@H]1c1cn(C)c(=O)[nH]c1=O. The highest BCUT2D eigenvalue weighted by atomic mass is 31.2. The average molecular weight is 463 g/mol. The van der Waals surface area contributed by atoms with Gasteiger partial charge in [-0.15, -0.1) is 0 Å². The zero-order valence-electron chi connectivity index (χ0n) is 18.2. The molecular weight excluding hydrogens is 435 g/mol. The maximum atomic E-state index is 12.4. The zero-order chi connectivity index (χ0) is 23.5. The summed E-state index contributed by atoms with van der Waals surface area (Å²) in [5.74, 6) is -0.656. The first kappa shape index (κ1) is 25.4. The summed E-state index contributed by atoms with van der Waals surface area (Å²) in [6.07, 6.45) is -3.91. The van der Waals surface area contributed by atoms with Crippen LogP contribution < -0.4 is 16.1 Å². The summed E-state index contributed by atoms with van der Waals surface area (Å²) < 4.78 is 39.9. The number of hydrogen-bond donors (Lipinski definition) is 1. The molecule has 0 aromatic carbocycles. The lowest BCUT2D eigenvalue weighted by Gasteiger charge is -2.28. The highest BCUT2D eigenvalue weighted by molar-refractivity contribution is 7.45. The Morgan fingerprint density at radius 2 is 1.90 bits per heavy atom. The predicted molar refractivity (Wildman–Crippen MR) is 105 cm³/mol. The van der Waals surface area contributed by atoms with Crippen molar-refractivity contribution in [3.63, 3.8) is 0 Å². The predicted octanol–water partition coefficient (Wildman–Crippen LogP) is 0.149. The number of aromatic amines is 1. The zero-order valence-corrected chi connectivity index (χ0v) is 19.1. The summed E-state index contributed by atoms with van der Waals surface area (Å²) in [6.45, 7) is 7.21. The number of rotatable bonds is 9. The molecule has 2 unspecified atom stereocenters. The molecule has 31 heavy (non-hydrogen) atoms. The standard InChI is InChI=1S/C18H29N2O10P/c1-9(2)27-15-13(8-26-31(24,25)30-10(3)4)29-14(16(15)28-11(5)21)12-7-20(6)18(23)19-17(12)22/h7,9-10,13-16H,8H2,1-6H3,(H,24,25)(H,19,22,23)/p-1/t13-,14+,15?,16-/m1/s1. The van der Waals surface area contributed by atoms with Gasteiger partial charge < -0.3 is 32.7 Å². The molecule has 1 aromatic rings. The second-order valence-electron chi connectivity index (χ2n) is 7.67.